The number of aliphatic hydroxyl groups is 1. The lowest BCUT2D eigenvalue weighted by Crippen LogP contribution is -2.50. The number of nitrogens with zero attached hydrogens (tertiary/aromatic N) is 1. The minimum absolute atomic E-state index is 0.0220. The Morgan fingerprint density at radius 2 is 1.81 bits per heavy atom. The first kappa shape index (κ1) is 30.3. The second kappa shape index (κ2) is 13.6. The van der Waals surface area contributed by atoms with E-state index in [0.29, 0.717) is 48.7 Å². The molecule has 1 aliphatic heterocycles. The Morgan fingerprint density at radius 1 is 1.17 bits per heavy atom. The van der Waals surface area contributed by atoms with Crippen LogP contribution >= 0.6 is 15.9 Å². The Hall–Kier alpha value is -1.95. The number of hydrogen-bond acceptors (Lipinski definition) is 9. The van der Waals surface area contributed by atoms with Gasteiger partial charge in [-0.1, -0.05) is 13.8 Å². The summed E-state index contributed by atoms with van der Waals surface area (Å²) in [5, 5.41) is 8.68. The van der Waals surface area contributed by atoms with Crippen LogP contribution < -0.4 is 0 Å². The number of ether oxygens (including phenoxy) is 4. The number of furan rings is 1. The number of imide groups is 1. The number of carbonyl (C=O) groups is 3. The summed E-state index contributed by atoms with van der Waals surface area (Å²) in [6, 6.07) is 1.22. The third-order valence-corrected chi connectivity index (χ3v) is 6.57. The van der Waals surface area contributed by atoms with E-state index in [9.17, 15) is 14.4 Å². The van der Waals surface area contributed by atoms with Gasteiger partial charge in [-0.25, -0.2) is 9.69 Å². The van der Waals surface area contributed by atoms with Crippen LogP contribution in [0.15, 0.2) is 15.0 Å². The predicted octanol–water partition coefficient (Wildman–Crippen LogP) is 4.02. The average molecular weight is 576 g/mol. The molecular weight excluding hydrogens is 538 g/mol. The molecule has 1 aromatic heterocycles. The second-order valence-corrected chi connectivity index (χ2v) is 10.5. The largest absolute Gasteiger partial charge is 0.461 e. The molecule has 1 N–H and O–H groups in total. The molecule has 0 spiro atoms. The van der Waals surface area contributed by atoms with E-state index in [0.717, 1.165) is 4.90 Å². The van der Waals surface area contributed by atoms with Crippen LogP contribution in [0.25, 0.3) is 0 Å². The lowest BCUT2D eigenvalue weighted by atomic mass is 9.88. The van der Waals surface area contributed by atoms with Gasteiger partial charge in [0.25, 0.3) is 0 Å². The highest BCUT2D eigenvalue weighted by Gasteiger charge is 2.53. The van der Waals surface area contributed by atoms with Gasteiger partial charge in [-0.2, -0.15) is 0 Å². The molecule has 1 saturated heterocycles. The van der Waals surface area contributed by atoms with E-state index in [4.69, 9.17) is 28.5 Å². The van der Waals surface area contributed by atoms with Gasteiger partial charge in [-0.05, 0) is 55.1 Å². The number of rotatable bonds is 14. The fourth-order valence-electron chi connectivity index (χ4n) is 4.48. The lowest BCUT2D eigenvalue weighted by Gasteiger charge is -2.33. The molecule has 0 saturated carbocycles. The van der Waals surface area contributed by atoms with Gasteiger partial charge in [-0.3, -0.25) is 9.59 Å². The van der Waals surface area contributed by atoms with Crippen molar-refractivity contribution in [2.45, 2.75) is 72.1 Å². The van der Waals surface area contributed by atoms with Crippen molar-refractivity contribution >= 4 is 33.9 Å². The number of hydrogen-bond donors (Lipinski definition) is 1. The molecule has 0 aliphatic carbocycles. The summed E-state index contributed by atoms with van der Waals surface area (Å²) in [4.78, 5) is 39.2. The average Bonchev–Trinajstić information content (AvgIpc) is 3.27. The van der Waals surface area contributed by atoms with Crippen LogP contribution in [0.1, 0.15) is 65.6 Å². The molecule has 2 heterocycles. The molecular formula is C25H38BrNO9. The maximum Gasteiger partial charge on any atom is 0.417 e. The minimum Gasteiger partial charge on any atom is -0.461 e. The van der Waals surface area contributed by atoms with Crippen molar-refractivity contribution in [3.05, 3.63) is 22.1 Å². The van der Waals surface area contributed by atoms with E-state index in [1.165, 1.54) is 6.92 Å². The second-order valence-electron chi connectivity index (χ2n) is 9.66. The molecule has 0 bridgehead atoms. The highest BCUT2D eigenvalue weighted by atomic mass is 79.9. The molecule has 10 nitrogen and oxygen atoms in total. The lowest BCUT2D eigenvalue weighted by molar-refractivity contribution is -0.155. The maximum absolute atomic E-state index is 13.5. The number of amides is 2. The third-order valence-electron chi connectivity index (χ3n) is 5.90. The third kappa shape index (κ3) is 7.77. The molecule has 36 heavy (non-hydrogen) atoms. The normalized spacial score (nSPS) is 18.9. The van der Waals surface area contributed by atoms with Gasteiger partial charge in [0.1, 0.15) is 17.1 Å². The topological polar surface area (TPSA) is 125 Å². The first-order chi connectivity index (χ1) is 16.9. The summed E-state index contributed by atoms with van der Waals surface area (Å²) in [5.41, 5.74) is -0.842. The van der Waals surface area contributed by atoms with Gasteiger partial charge in [-0.15, -0.1) is 0 Å². The molecule has 3 atom stereocenters. The van der Waals surface area contributed by atoms with E-state index < -0.39 is 41.6 Å². The zero-order chi connectivity index (χ0) is 27.0. The fraction of sp³-hybridized carbons (Fsp3) is 0.720. The SMILES string of the molecule is CC(=O)OC(c1cc(Br)c(CCCOCCOCCO)o1)C(C)C(=O)N1C(=O)OC(C)(C)C1C(C)C. The summed E-state index contributed by atoms with van der Waals surface area (Å²) in [7, 11) is 0. The molecule has 3 unspecified atom stereocenters. The standard InChI is InChI=1S/C25H38BrNO9/c1-15(2)22-25(5,6)36-24(31)27(22)23(30)16(3)21(34-17(4)29)20-14-18(26)19(35-20)8-7-10-32-12-13-33-11-9-28/h14-16,21-22,28H,7-13H2,1-6H3. The van der Waals surface area contributed by atoms with Crippen molar-refractivity contribution < 1.29 is 42.9 Å². The monoisotopic (exact) mass is 575 g/mol. The molecule has 0 radical (unpaired) electrons. The van der Waals surface area contributed by atoms with Gasteiger partial charge >= 0.3 is 12.1 Å². The molecule has 1 aromatic rings. The van der Waals surface area contributed by atoms with Crippen LogP contribution in [0.2, 0.25) is 0 Å². The highest BCUT2D eigenvalue weighted by molar-refractivity contribution is 9.10. The van der Waals surface area contributed by atoms with Crippen LogP contribution in [-0.4, -0.2) is 72.7 Å². The Morgan fingerprint density at radius 3 is 2.39 bits per heavy atom. The number of cyclic esters (lactones) is 1. The smallest absolute Gasteiger partial charge is 0.417 e. The van der Waals surface area contributed by atoms with Gasteiger partial charge in [0, 0.05) is 20.0 Å². The van der Waals surface area contributed by atoms with Crippen molar-refractivity contribution in [1.29, 1.82) is 0 Å². The Bertz CT molecular complexity index is 898. The molecule has 1 aliphatic rings. The predicted molar refractivity (Wildman–Crippen MR) is 133 cm³/mol. The summed E-state index contributed by atoms with van der Waals surface area (Å²) in [6.45, 7) is 11.8. The Labute approximate surface area is 220 Å². The van der Waals surface area contributed by atoms with Crippen LogP contribution in [0, 0.1) is 11.8 Å². The minimum atomic E-state index is -1.02. The first-order valence-electron chi connectivity index (χ1n) is 12.2. The summed E-state index contributed by atoms with van der Waals surface area (Å²) in [6.07, 6.45) is -0.511. The van der Waals surface area contributed by atoms with Crippen LogP contribution in [-0.2, 0) is 35.0 Å². The zero-order valence-corrected chi connectivity index (χ0v) is 23.5. The molecule has 0 aromatic carbocycles. The van der Waals surface area contributed by atoms with Gasteiger partial charge in [0.2, 0.25) is 5.91 Å². The van der Waals surface area contributed by atoms with Crippen LogP contribution in [0.3, 0.4) is 0 Å². The molecule has 2 rings (SSSR count). The number of aliphatic hydroxyl groups excluding tert-OH is 1. The van der Waals surface area contributed by atoms with Crippen molar-refractivity contribution in [2.24, 2.45) is 11.8 Å². The van der Waals surface area contributed by atoms with E-state index >= 15 is 0 Å². The van der Waals surface area contributed by atoms with Crippen molar-refractivity contribution in [1.82, 2.24) is 4.90 Å². The maximum atomic E-state index is 13.5. The van der Waals surface area contributed by atoms with E-state index in [1.54, 1.807) is 26.8 Å². The molecule has 11 heteroatoms. The van der Waals surface area contributed by atoms with Gasteiger partial charge in [0.05, 0.1) is 42.9 Å². The van der Waals surface area contributed by atoms with Crippen molar-refractivity contribution in [3.8, 4) is 0 Å². The first-order valence-corrected chi connectivity index (χ1v) is 13.0. The number of halogens is 1. The summed E-state index contributed by atoms with van der Waals surface area (Å²) < 4.78 is 28.3. The van der Waals surface area contributed by atoms with Crippen molar-refractivity contribution in [3.63, 3.8) is 0 Å². The number of aryl methyl sites for hydroxylation is 1. The number of esters is 1. The highest BCUT2D eigenvalue weighted by Crippen LogP contribution is 2.38. The van der Waals surface area contributed by atoms with Crippen molar-refractivity contribution in [2.75, 3.05) is 33.0 Å². The van der Waals surface area contributed by atoms with E-state index in [-0.39, 0.29) is 19.1 Å². The van der Waals surface area contributed by atoms with Gasteiger partial charge < -0.3 is 28.5 Å². The quantitative estimate of drug-likeness (QED) is 0.258. The molecule has 2 amide bonds. The molecule has 204 valence electrons. The van der Waals surface area contributed by atoms with Gasteiger partial charge in [0.15, 0.2) is 6.10 Å². The summed E-state index contributed by atoms with van der Waals surface area (Å²) in [5.74, 6) is -1.08. The summed E-state index contributed by atoms with van der Waals surface area (Å²) >= 11 is 3.48. The molecule has 1 fully saturated rings. The Kier molecular flexibility index (Phi) is 11.4. The fourth-order valence-corrected chi connectivity index (χ4v) is 4.98. The van der Waals surface area contributed by atoms with Crippen LogP contribution in [0.5, 0.6) is 0 Å². The van der Waals surface area contributed by atoms with Crippen LogP contribution in [0.4, 0.5) is 4.79 Å². The Balaban J connectivity index is 2.12. The zero-order valence-electron chi connectivity index (χ0n) is 21.9. The van der Waals surface area contributed by atoms with E-state index in [1.807, 2.05) is 13.8 Å². The number of carbonyl (C=O) groups excluding carboxylic acids is 3. The van der Waals surface area contributed by atoms with E-state index in [2.05, 4.69) is 15.9 Å².